The van der Waals surface area contributed by atoms with Gasteiger partial charge < -0.3 is 14.8 Å². The van der Waals surface area contributed by atoms with Gasteiger partial charge >= 0.3 is 0 Å². The van der Waals surface area contributed by atoms with E-state index < -0.39 is 0 Å². The van der Waals surface area contributed by atoms with Crippen LogP contribution in [0, 0.1) is 0 Å². The van der Waals surface area contributed by atoms with Crippen molar-refractivity contribution >= 4 is 5.69 Å². The van der Waals surface area contributed by atoms with Crippen LogP contribution in [0.2, 0.25) is 0 Å². The van der Waals surface area contributed by atoms with Gasteiger partial charge in [0.1, 0.15) is 11.5 Å². The van der Waals surface area contributed by atoms with E-state index in [0.29, 0.717) is 6.61 Å². The molecule has 164 valence electrons. The Hall–Kier alpha value is -2.94. The molecule has 0 aromatic heterocycles. The molecule has 0 radical (unpaired) electrons. The van der Waals surface area contributed by atoms with Gasteiger partial charge in [-0.05, 0) is 53.9 Å². The Morgan fingerprint density at radius 3 is 1.97 bits per heavy atom. The number of rotatable bonds is 14. The van der Waals surface area contributed by atoms with Crippen LogP contribution in [0.4, 0.5) is 5.69 Å². The molecular formula is C28H35NO2. The molecule has 0 saturated carbocycles. The molecule has 3 nitrogen and oxygen atoms in total. The van der Waals surface area contributed by atoms with Gasteiger partial charge in [0.05, 0.1) is 13.2 Å². The Kier molecular flexibility index (Phi) is 9.81. The first kappa shape index (κ1) is 22.7. The summed E-state index contributed by atoms with van der Waals surface area (Å²) in [7, 11) is 0. The minimum absolute atomic E-state index is 0.689. The van der Waals surface area contributed by atoms with Crippen LogP contribution in [0.1, 0.15) is 50.2 Å². The highest BCUT2D eigenvalue weighted by atomic mass is 16.5. The van der Waals surface area contributed by atoms with Crippen LogP contribution in [0.3, 0.4) is 0 Å². The van der Waals surface area contributed by atoms with Crippen molar-refractivity contribution in [3.05, 3.63) is 90.0 Å². The fraction of sp³-hybridized carbons (Fsp3) is 0.357. The first-order valence-electron chi connectivity index (χ1n) is 11.6. The number of nitrogens with one attached hydrogen (secondary N) is 1. The highest BCUT2D eigenvalue weighted by Crippen LogP contribution is 2.18. The predicted molar refractivity (Wildman–Crippen MR) is 130 cm³/mol. The molecule has 0 bridgehead atoms. The van der Waals surface area contributed by atoms with Gasteiger partial charge in [-0.15, -0.1) is 0 Å². The summed E-state index contributed by atoms with van der Waals surface area (Å²) < 4.78 is 11.7. The summed E-state index contributed by atoms with van der Waals surface area (Å²) >= 11 is 0. The summed E-state index contributed by atoms with van der Waals surface area (Å²) in [5, 5.41) is 3.47. The summed E-state index contributed by atoms with van der Waals surface area (Å²) in [5.74, 6) is 1.86. The first-order valence-corrected chi connectivity index (χ1v) is 11.6. The SMILES string of the molecule is CCCCCCCOc1ccc(NCc2ccc(OCCc3ccccc3)cc2)cc1. The molecular weight excluding hydrogens is 382 g/mol. The molecule has 0 aliphatic carbocycles. The molecule has 3 heteroatoms. The predicted octanol–water partition coefficient (Wildman–Crippen LogP) is 7.27. The molecule has 0 amide bonds. The molecule has 0 heterocycles. The van der Waals surface area contributed by atoms with Crippen molar-refractivity contribution in [1.29, 1.82) is 0 Å². The molecule has 3 aromatic carbocycles. The van der Waals surface area contributed by atoms with E-state index in [1.54, 1.807) is 0 Å². The number of hydrogen-bond donors (Lipinski definition) is 1. The highest BCUT2D eigenvalue weighted by Gasteiger charge is 1.99. The molecule has 0 fully saturated rings. The minimum atomic E-state index is 0.689. The molecule has 1 N–H and O–H groups in total. The van der Waals surface area contributed by atoms with Crippen molar-refractivity contribution in [2.24, 2.45) is 0 Å². The summed E-state index contributed by atoms with van der Waals surface area (Å²) in [6, 6.07) is 27.0. The van der Waals surface area contributed by atoms with Crippen molar-refractivity contribution in [2.75, 3.05) is 18.5 Å². The number of unbranched alkanes of at least 4 members (excludes halogenated alkanes) is 4. The third-order valence-corrected chi connectivity index (χ3v) is 5.29. The maximum atomic E-state index is 5.87. The van der Waals surface area contributed by atoms with Crippen molar-refractivity contribution in [1.82, 2.24) is 0 Å². The van der Waals surface area contributed by atoms with Gasteiger partial charge in [0.15, 0.2) is 0 Å². The van der Waals surface area contributed by atoms with Crippen LogP contribution >= 0.6 is 0 Å². The lowest BCUT2D eigenvalue weighted by atomic mass is 10.2. The monoisotopic (exact) mass is 417 g/mol. The lowest BCUT2D eigenvalue weighted by molar-refractivity contribution is 0.304. The normalized spacial score (nSPS) is 10.6. The van der Waals surface area contributed by atoms with Crippen LogP contribution in [0.5, 0.6) is 11.5 Å². The van der Waals surface area contributed by atoms with E-state index in [2.05, 4.69) is 60.8 Å². The number of benzene rings is 3. The molecule has 0 spiro atoms. The van der Waals surface area contributed by atoms with Gasteiger partial charge in [0.25, 0.3) is 0 Å². The van der Waals surface area contributed by atoms with E-state index >= 15 is 0 Å². The van der Waals surface area contributed by atoms with Gasteiger partial charge in [-0.2, -0.15) is 0 Å². The standard InChI is InChI=1S/C28H35NO2/c1-2-3-4-5-9-21-30-28-18-14-26(15-19-28)29-23-25-12-16-27(17-13-25)31-22-20-24-10-7-6-8-11-24/h6-8,10-19,29H,2-5,9,20-23H2,1H3. The van der Waals surface area contributed by atoms with E-state index in [9.17, 15) is 0 Å². The van der Waals surface area contributed by atoms with Crippen LogP contribution in [-0.2, 0) is 13.0 Å². The smallest absolute Gasteiger partial charge is 0.119 e. The summed E-state index contributed by atoms with van der Waals surface area (Å²) in [6.07, 6.45) is 7.22. The third kappa shape index (κ3) is 8.75. The topological polar surface area (TPSA) is 30.5 Å². The maximum Gasteiger partial charge on any atom is 0.119 e. The van der Waals surface area contributed by atoms with E-state index in [1.807, 2.05) is 30.3 Å². The van der Waals surface area contributed by atoms with Crippen molar-refractivity contribution in [3.8, 4) is 11.5 Å². The average molecular weight is 418 g/mol. The lowest BCUT2D eigenvalue weighted by Crippen LogP contribution is -2.02. The highest BCUT2D eigenvalue weighted by molar-refractivity contribution is 5.47. The molecule has 0 unspecified atom stereocenters. The fourth-order valence-corrected chi connectivity index (χ4v) is 3.40. The summed E-state index contributed by atoms with van der Waals surface area (Å²) in [6.45, 7) is 4.51. The Morgan fingerprint density at radius 1 is 0.613 bits per heavy atom. The second-order valence-electron chi connectivity index (χ2n) is 7.87. The minimum Gasteiger partial charge on any atom is -0.494 e. The Balaban J connectivity index is 1.34. The number of ether oxygens (including phenoxy) is 2. The largest absolute Gasteiger partial charge is 0.494 e. The quantitative estimate of drug-likeness (QED) is 0.280. The molecule has 3 aromatic rings. The third-order valence-electron chi connectivity index (χ3n) is 5.29. The van der Waals surface area contributed by atoms with E-state index in [0.717, 1.165) is 43.2 Å². The Morgan fingerprint density at radius 2 is 1.26 bits per heavy atom. The van der Waals surface area contributed by atoms with Gasteiger partial charge in [-0.1, -0.05) is 75.1 Å². The Labute approximate surface area is 187 Å². The average Bonchev–Trinajstić information content (AvgIpc) is 2.82. The lowest BCUT2D eigenvalue weighted by Gasteiger charge is -2.10. The van der Waals surface area contributed by atoms with E-state index in [1.165, 1.54) is 36.8 Å². The molecule has 3 rings (SSSR count). The van der Waals surface area contributed by atoms with Gasteiger partial charge in [0, 0.05) is 18.7 Å². The van der Waals surface area contributed by atoms with Crippen molar-refractivity contribution in [3.63, 3.8) is 0 Å². The zero-order valence-corrected chi connectivity index (χ0v) is 18.7. The van der Waals surface area contributed by atoms with Crippen molar-refractivity contribution in [2.45, 2.75) is 52.0 Å². The second kappa shape index (κ2) is 13.4. The van der Waals surface area contributed by atoms with Crippen LogP contribution in [0.15, 0.2) is 78.9 Å². The van der Waals surface area contributed by atoms with Gasteiger partial charge in [0.2, 0.25) is 0 Å². The number of anilines is 1. The molecule has 31 heavy (non-hydrogen) atoms. The molecule has 0 aliphatic heterocycles. The number of hydrogen-bond acceptors (Lipinski definition) is 3. The van der Waals surface area contributed by atoms with Gasteiger partial charge in [-0.3, -0.25) is 0 Å². The molecule has 0 aliphatic rings. The second-order valence-corrected chi connectivity index (χ2v) is 7.87. The van der Waals surface area contributed by atoms with Crippen molar-refractivity contribution < 1.29 is 9.47 Å². The maximum absolute atomic E-state index is 5.87. The summed E-state index contributed by atoms with van der Waals surface area (Å²) in [4.78, 5) is 0. The zero-order valence-electron chi connectivity index (χ0n) is 18.7. The van der Waals surface area contributed by atoms with E-state index in [-0.39, 0.29) is 0 Å². The van der Waals surface area contributed by atoms with Crippen LogP contribution in [0.25, 0.3) is 0 Å². The Bertz CT molecular complexity index is 844. The fourth-order valence-electron chi connectivity index (χ4n) is 3.40. The molecule has 0 saturated heterocycles. The van der Waals surface area contributed by atoms with E-state index in [4.69, 9.17) is 9.47 Å². The first-order chi connectivity index (χ1) is 15.3. The van der Waals surface area contributed by atoms with Gasteiger partial charge in [-0.25, -0.2) is 0 Å². The van der Waals surface area contributed by atoms with Crippen LogP contribution in [-0.4, -0.2) is 13.2 Å². The zero-order chi connectivity index (χ0) is 21.6. The summed E-state index contributed by atoms with van der Waals surface area (Å²) in [5.41, 5.74) is 3.62. The van der Waals surface area contributed by atoms with Crippen LogP contribution < -0.4 is 14.8 Å². The molecule has 0 atom stereocenters.